The molecule has 0 radical (unpaired) electrons. The summed E-state index contributed by atoms with van der Waals surface area (Å²) in [4.78, 5) is 18.3. The Morgan fingerprint density at radius 2 is 1.84 bits per heavy atom. The minimum Gasteiger partial charge on any atom is -0.508 e. The fraction of sp³-hybridized carbons (Fsp3) is 0.578. The number of pyridine rings is 1. The van der Waals surface area contributed by atoms with E-state index in [0.717, 1.165) is 25.8 Å². The molecule has 2 bridgehead atoms. The number of alkyl halides is 1. The molecule has 3 unspecified atom stereocenters. The van der Waals surface area contributed by atoms with Crippen molar-refractivity contribution in [2.45, 2.75) is 127 Å². The maximum Gasteiger partial charge on any atom is 0.319 e. The van der Waals surface area contributed by atoms with Crippen LogP contribution in [0.1, 0.15) is 90.2 Å². The van der Waals surface area contributed by atoms with Gasteiger partial charge in [-0.05, 0) is 79.4 Å². The van der Waals surface area contributed by atoms with E-state index in [1.54, 1.807) is 13.0 Å². The molecule has 5 atom stereocenters. The summed E-state index contributed by atoms with van der Waals surface area (Å²) >= 11 is 0. The van der Waals surface area contributed by atoms with E-state index >= 15 is 8.78 Å². The van der Waals surface area contributed by atoms with Crippen LogP contribution in [0.4, 0.5) is 19.0 Å². The maximum absolute atomic E-state index is 17.6. The van der Waals surface area contributed by atoms with Crippen LogP contribution in [0.25, 0.3) is 32.9 Å². The van der Waals surface area contributed by atoms with Crippen LogP contribution in [0.3, 0.4) is 0 Å². The first kappa shape index (κ1) is 37.1. The minimum absolute atomic E-state index is 0.0363. The van der Waals surface area contributed by atoms with Gasteiger partial charge in [-0.15, -0.1) is 5.54 Å². The van der Waals surface area contributed by atoms with E-state index in [9.17, 15) is 9.50 Å². The number of piperazine rings is 1. The summed E-state index contributed by atoms with van der Waals surface area (Å²) in [5.41, 5.74) is 3.21. The summed E-state index contributed by atoms with van der Waals surface area (Å²) in [5, 5.41) is 15.7. The highest BCUT2D eigenvalue weighted by Crippen LogP contribution is 2.44. The number of anilines is 1. The van der Waals surface area contributed by atoms with Crippen molar-refractivity contribution in [1.82, 2.24) is 25.2 Å². The molecule has 2 aromatic heterocycles. The highest BCUT2D eigenvalue weighted by atomic mass is 28.3. The second kappa shape index (κ2) is 15.3. The Morgan fingerprint density at radius 3 is 2.59 bits per heavy atom. The van der Waals surface area contributed by atoms with Gasteiger partial charge >= 0.3 is 6.01 Å². The van der Waals surface area contributed by atoms with Crippen LogP contribution in [-0.4, -0.2) is 102 Å². The van der Waals surface area contributed by atoms with Crippen molar-refractivity contribution in [3.05, 3.63) is 47.7 Å². The van der Waals surface area contributed by atoms with E-state index in [0.29, 0.717) is 49.1 Å². The van der Waals surface area contributed by atoms with Crippen molar-refractivity contribution in [2.24, 2.45) is 0 Å². The van der Waals surface area contributed by atoms with E-state index in [1.807, 2.05) is 4.90 Å². The van der Waals surface area contributed by atoms with Crippen LogP contribution in [-0.2, 0) is 4.74 Å². The number of hydrogen-bond donors (Lipinski definition) is 2. The molecule has 310 valence electrons. The molecule has 4 aliphatic rings. The first-order valence-corrected chi connectivity index (χ1v) is 23.1. The summed E-state index contributed by atoms with van der Waals surface area (Å²) < 4.78 is 83.9. The molecule has 13 heteroatoms. The number of rotatable bonds is 10. The second-order valence-corrected chi connectivity index (χ2v) is 23.8. The van der Waals surface area contributed by atoms with Gasteiger partial charge in [-0.2, -0.15) is 9.97 Å². The Labute approximate surface area is 345 Å². The number of hydrogen-bond acceptors (Lipinski definition) is 9. The lowest BCUT2D eigenvalue weighted by Crippen LogP contribution is -2.64. The Morgan fingerprint density at radius 1 is 1.07 bits per heavy atom. The van der Waals surface area contributed by atoms with Crippen LogP contribution >= 0.6 is 0 Å². The molecule has 0 spiro atoms. The first-order valence-electron chi connectivity index (χ1n) is 22.3. The third-order valence-corrected chi connectivity index (χ3v) is 20.3. The number of phenols is 1. The SMILES string of the molecule is [2H]C([2H])([2H])OC(C)C12CCC(CN(c3nc(OC[C@@]45CCCN4C[C@H](F)C5)nc4c(F)c(-c5cc(O)cc6ccc(F)c(C#C[Si](C(C)C)(C(C)C)C(C)C)c56)ncc34)C1)N2. The molecule has 0 saturated carbocycles. The summed E-state index contributed by atoms with van der Waals surface area (Å²) in [6.07, 6.45) is 3.20. The zero-order valence-corrected chi connectivity index (χ0v) is 35.6. The molecule has 0 amide bonds. The Hall–Kier alpha value is -3.96. The molecule has 2 aromatic carbocycles. The molecule has 4 aliphatic heterocycles. The monoisotopic (exact) mass is 817 g/mol. The van der Waals surface area contributed by atoms with E-state index in [4.69, 9.17) is 18.6 Å². The van der Waals surface area contributed by atoms with Gasteiger partial charge < -0.3 is 24.8 Å². The Balaban J connectivity index is 1.29. The second-order valence-electron chi connectivity index (χ2n) is 18.2. The van der Waals surface area contributed by atoms with Crippen LogP contribution in [0, 0.1) is 23.1 Å². The number of halogens is 3. The molecule has 4 saturated heterocycles. The average Bonchev–Trinajstić information content (AvgIpc) is 3.82. The Bertz CT molecular complexity index is 2390. The average molecular weight is 818 g/mol. The largest absolute Gasteiger partial charge is 0.508 e. The number of nitrogens with one attached hydrogen (secondary N) is 1. The molecule has 9 nitrogen and oxygen atoms in total. The number of fused-ring (bicyclic) bond motifs is 5. The smallest absolute Gasteiger partial charge is 0.319 e. The van der Waals surface area contributed by atoms with Gasteiger partial charge in [-0.1, -0.05) is 53.5 Å². The maximum atomic E-state index is 17.6. The molecular formula is C45H57F3N6O3Si. The number of aromatic nitrogens is 3. The lowest BCUT2D eigenvalue weighted by Gasteiger charge is -2.44. The van der Waals surface area contributed by atoms with Crippen molar-refractivity contribution < 1.29 is 31.9 Å². The molecule has 8 rings (SSSR count). The standard InChI is InChI=1S/C45H57F3N6O3Si/c1-26(2)58(27(3)4,28(5)6)17-13-34-37(47)11-10-30-18-33(55)19-35(38(30)34)40-39(48)41-36(21-49-40)42(53-23-32-12-15-45(24-53,52-32)29(7)56-8)51-43(50-41)57-25-44-14-9-16-54(44)22-31(46)20-44/h10-11,18-19,21,26-29,31-32,52,55H,9,12,14-16,20,22-25H2,1-8H3/t29?,31-,32?,44+,45?/m1/s1/i8D3. The van der Waals surface area contributed by atoms with Gasteiger partial charge in [0.05, 0.1) is 32.2 Å². The molecule has 6 heterocycles. The van der Waals surface area contributed by atoms with Crippen molar-refractivity contribution in [1.29, 1.82) is 0 Å². The quantitative estimate of drug-likeness (QED) is 0.120. The third kappa shape index (κ3) is 6.72. The highest BCUT2D eigenvalue weighted by Gasteiger charge is 2.51. The van der Waals surface area contributed by atoms with Crippen molar-refractivity contribution in [3.8, 4) is 34.5 Å². The highest BCUT2D eigenvalue weighted by molar-refractivity contribution is 6.90. The fourth-order valence-corrected chi connectivity index (χ4v) is 16.3. The first-order chi connectivity index (χ1) is 28.8. The molecule has 0 aliphatic carbocycles. The van der Waals surface area contributed by atoms with Gasteiger partial charge in [-0.3, -0.25) is 9.88 Å². The predicted octanol–water partition coefficient (Wildman–Crippen LogP) is 8.70. The van der Waals surface area contributed by atoms with Gasteiger partial charge in [0.2, 0.25) is 0 Å². The van der Waals surface area contributed by atoms with E-state index in [-0.39, 0.29) is 68.8 Å². The number of ether oxygens (including phenoxy) is 2. The van der Waals surface area contributed by atoms with Crippen molar-refractivity contribution >= 4 is 35.6 Å². The van der Waals surface area contributed by atoms with Crippen molar-refractivity contribution in [2.75, 3.05) is 44.7 Å². The van der Waals surface area contributed by atoms with Gasteiger partial charge in [0, 0.05) is 56.3 Å². The molecule has 2 N–H and O–H groups in total. The number of methoxy groups -OCH3 is 1. The molecule has 4 fully saturated rings. The van der Waals surface area contributed by atoms with Gasteiger partial charge in [0.25, 0.3) is 0 Å². The van der Waals surface area contributed by atoms with E-state index in [1.165, 1.54) is 24.4 Å². The van der Waals surface area contributed by atoms with Gasteiger partial charge in [0.15, 0.2) is 5.82 Å². The zero-order chi connectivity index (χ0) is 43.8. The summed E-state index contributed by atoms with van der Waals surface area (Å²) in [6, 6.07) is 5.63. The lowest BCUT2D eigenvalue weighted by molar-refractivity contribution is 0.0350. The zero-order valence-electron chi connectivity index (χ0n) is 37.6. The number of nitrogens with zero attached hydrogens (tertiary/aromatic N) is 5. The van der Waals surface area contributed by atoms with Crippen LogP contribution < -0.4 is 15.0 Å². The van der Waals surface area contributed by atoms with Crippen molar-refractivity contribution in [3.63, 3.8) is 0 Å². The van der Waals surface area contributed by atoms with E-state index < -0.39 is 50.1 Å². The predicted molar refractivity (Wildman–Crippen MR) is 226 cm³/mol. The third-order valence-electron chi connectivity index (χ3n) is 14.1. The Kier molecular flexibility index (Phi) is 9.75. The number of aromatic hydroxyl groups is 1. The van der Waals surface area contributed by atoms with E-state index in [2.05, 4.69) is 73.2 Å². The normalized spacial score (nSPS) is 26.3. The lowest BCUT2D eigenvalue weighted by atomic mass is 9.90. The summed E-state index contributed by atoms with van der Waals surface area (Å²) in [7, 11) is -4.94. The number of phenolic OH excluding ortho intramolecular Hbond substituents is 1. The van der Waals surface area contributed by atoms with Gasteiger partial charge in [-0.25, -0.2) is 13.2 Å². The summed E-state index contributed by atoms with van der Waals surface area (Å²) in [6.45, 7) is 16.8. The van der Waals surface area contributed by atoms with Crippen LogP contribution in [0.15, 0.2) is 30.5 Å². The van der Waals surface area contributed by atoms with Crippen LogP contribution in [0.5, 0.6) is 11.8 Å². The summed E-state index contributed by atoms with van der Waals surface area (Å²) in [5.74, 6) is 2.07. The number of benzene rings is 2. The topological polar surface area (TPSA) is 95.9 Å². The molecule has 4 aromatic rings. The van der Waals surface area contributed by atoms with Crippen LogP contribution in [0.2, 0.25) is 16.6 Å². The minimum atomic E-state index is -2.61. The molecular weight excluding hydrogens is 758 g/mol. The van der Waals surface area contributed by atoms with Gasteiger partial charge in [0.1, 0.15) is 49.4 Å². The molecule has 58 heavy (non-hydrogen) atoms. The fourth-order valence-electron chi connectivity index (χ4n) is 11.1.